The van der Waals surface area contributed by atoms with Gasteiger partial charge in [-0.2, -0.15) is 30.4 Å². The van der Waals surface area contributed by atoms with Gasteiger partial charge in [0.05, 0.1) is 0 Å². The van der Waals surface area contributed by atoms with E-state index in [-0.39, 0.29) is 0 Å². The molecule has 0 amide bonds. The number of rotatable bonds is 1. The molecule has 0 unspecified atom stereocenters. The van der Waals surface area contributed by atoms with Crippen molar-refractivity contribution in [3.8, 4) is 0 Å². The predicted molar refractivity (Wildman–Crippen MR) is 48.8 cm³/mol. The van der Waals surface area contributed by atoms with Crippen molar-refractivity contribution < 1.29 is 27.2 Å². The fourth-order valence-corrected chi connectivity index (χ4v) is 0.662. The first-order valence-corrected chi connectivity index (χ1v) is 5.34. The average Bonchev–Trinajstić information content (AvgIpc) is 2.75. The Kier molecular flexibility index (Phi) is 15.4. The fourth-order valence-electron chi connectivity index (χ4n) is 0.579. The van der Waals surface area contributed by atoms with E-state index in [9.17, 15) is 0 Å². The number of hydrogen-bond acceptors (Lipinski definition) is 3. The molecular weight excluding hydrogens is 266 g/mol. The van der Waals surface area contributed by atoms with Crippen molar-refractivity contribution in [1.82, 2.24) is 0 Å². The molecule has 4 nitrogen and oxygen atoms in total. The maximum absolute atomic E-state index is 9.08. The smallest absolute Gasteiger partial charge is 0.423 e. The van der Waals surface area contributed by atoms with E-state index in [1.54, 1.807) is 0 Å². The van der Waals surface area contributed by atoms with Crippen LogP contribution in [-0.4, -0.2) is 8.53 Å². The summed E-state index contributed by atoms with van der Waals surface area (Å²) in [5.41, 5.74) is 6.88. The standard InChI is InChI=1S/C7H7.2CO.Mo.NO/c1-2-7-5-3-4-6-7;2*1-2;;1-2/h2-3,5H,1,4H2;;;;/q-1;;;+2;-1. The normalized spacial score (nSPS) is 9.86. The van der Waals surface area contributed by atoms with Gasteiger partial charge >= 0.3 is 35.8 Å². The zero-order chi connectivity index (χ0) is 11.2. The van der Waals surface area contributed by atoms with Crippen molar-refractivity contribution in [2.75, 3.05) is 0 Å². The van der Waals surface area contributed by atoms with Gasteiger partial charge in [-0.3, -0.25) is 0 Å². The first kappa shape index (κ1) is 15.2. The molecule has 0 saturated heterocycles. The molecule has 14 heavy (non-hydrogen) atoms. The van der Waals surface area contributed by atoms with Gasteiger partial charge in [-0.1, -0.05) is 6.42 Å². The summed E-state index contributed by atoms with van der Waals surface area (Å²) in [5.74, 6) is 0. The maximum Gasteiger partial charge on any atom is -0.423 e. The Bertz CT molecular complexity index is 318. The van der Waals surface area contributed by atoms with Gasteiger partial charge in [0.1, 0.15) is 0 Å². The summed E-state index contributed by atoms with van der Waals surface area (Å²) in [4.78, 5) is 25.4. The number of nitrogens with zero attached hydrogens (tertiary/aromatic N) is 1. The molecule has 5 heteroatoms. The molecule has 1 aliphatic rings. The summed E-state index contributed by atoms with van der Waals surface area (Å²) in [6.45, 7) is 3.59. The molecule has 0 aromatic carbocycles. The largest absolute Gasteiger partial charge is 0.577 e. The van der Waals surface area contributed by atoms with Crippen molar-refractivity contribution in [1.29, 1.82) is 0 Å². The third-order valence-corrected chi connectivity index (χ3v) is 1.43. The van der Waals surface area contributed by atoms with Gasteiger partial charge in [-0.25, -0.2) is 0 Å². The van der Waals surface area contributed by atoms with Crippen LogP contribution in [-0.2, 0) is 27.2 Å². The molecule has 1 aliphatic carbocycles. The summed E-state index contributed by atoms with van der Waals surface area (Å²) < 4.78 is 2.95. The second kappa shape index (κ2) is 14.2. The Morgan fingerprint density at radius 2 is 2.07 bits per heavy atom. The molecule has 0 spiro atoms. The Morgan fingerprint density at radius 3 is 2.21 bits per heavy atom. The van der Waals surface area contributed by atoms with E-state index in [4.69, 9.17) is 20.1 Å². The minimum atomic E-state index is -1.12. The fraction of sp³-hybridized carbons (Fsp3) is 0.111. The van der Waals surface area contributed by atoms with Gasteiger partial charge < -0.3 is 10.5 Å². The monoisotopic (exact) mass is 275 g/mol. The molecule has 0 atom stereocenters. The number of nitroso groups, excluding NO2 is 1. The van der Waals surface area contributed by atoms with Crippen molar-refractivity contribution in [3.05, 3.63) is 47.0 Å². The molecule has 0 aliphatic heterocycles. The number of carbonyl (C=O) groups excluding carboxylic acids is 2. The number of hydrogen-bond donors (Lipinski definition) is 0. The van der Waals surface area contributed by atoms with Gasteiger partial charge in [-0.05, 0) is 0 Å². The maximum atomic E-state index is 9.08. The van der Waals surface area contributed by atoms with Gasteiger partial charge in [0.15, 0.2) is 0 Å². The predicted octanol–water partition coefficient (Wildman–Crippen LogP) is 1.39. The zero-order valence-electron chi connectivity index (χ0n) is 7.23. The summed E-state index contributed by atoms with van der Waals surface area (Å²) in [7, 11) is 0. The molecule has 0 heterocycles. The van der Waals surface area contributed by atoms with Gasteiger partial charge in [-0.15, -0.1) is 6.08 Å². The van der Waals surface area contributed by atoms with E-state index in [1.807, 2.05) is 12.2 Å². The SMILES string of the molecule is C=CC1=[C-]CC=C1.O=[C]=[Mo+2]=[C]=O.[N-]=O. The van der Waals surface area contributed by atoms with E-state index in [0.717, 1.165) is 12.0 Å². The van der Waals surface area contributed by atoms with Crippen molar-refractivity contribution in [2.45, 2.75) is 6.42 Å². The molecule has 0 bridgehead atoms. The Morgan fingerprint density at radius 1 is 1.50 bits per heavy atom. The molecule has 0 radical (unpaired) electrons. The van der Waals surface area contributed by atoms with Gasteiger partial charge in [0, 0.05) is 0 Å². The second-order valence-electron chi connectivity index (χ2n) is 1.71. The Hall–Kier alpha value is -1.33. The van der Waals surface area contributed by atoms with Crippen LogP contribution >= 0.6 is 0 Å². The van der Waals surface area contributed by atoms with E-state index >= 15 is 0 Å². The molecular formula is C9H7MoNO3. The number of allylic oxidation sites excluding steroid dienone is 5. The van der Waals surface area contributed by atoms with Crippen molar-refractivity contribution >= 4 is 8.53 Å². The van der Waals surface area contributed by atoms with Crippen LogP contribution in [0, 0.1) is 11.0 Å². The molecule has 0 fully saturated rings. The van der Waals surface area contributed by atoms with Crippen LogP contribution in [0.2, 0.25) is 0 Å². The molecule has 72 valence electrons. The summed E-state index contributed by atoms with van der Waals surface area (Å²) in [6.07, 6.45) is 9.95. The van der Waals surface area contributed by atoms with E-state index in [2.05, 4.69) is 18.7 Å². The molecule has 0 saturated carbocycles. The Balaban J connectivity index is 0. The van der Waals surface area contributed by atoms with Crippen molar-refractivity contribution in [2.24, 2.45) is 0 Å². The zero-order valence-corrected chi connectivity index (χ0v) is 9.23. The molecule has 0 aromatic rings. The van der Waals surface area contributed by atoms with E-state index < -0.39 is 17.6 Å². The Labute approximate surface area is 89.3 Å². The average molecular weight is 273 g/mol. The quantitative estimate of drug-likeness (QED) is 0.535. The van der Waals surface area contributed by atoms with Crippen LogP contribution in [0.3, 0.4) is 0 Å². The summed E-state index contributed by atoms with van der Waals surface area (Å²) in [6, 6.07) is 0. The molecule has 1 rings (SSSR count). The summed E-state index contributed by atoms with van der Waals surface area (Å²) in [5, 5.41) is 0. The van der Waals surface area contributed by atoms with Crippen LogP contribution < -0.4 is 0 Å². The summed E-state index contributed by atoms with van der Waals surface area (Å²) >= 11 is -1.12. The van der Waals surface area contributed by atoms with E-state index in [1.165, 1.54) is 8.53 Å². The van der Waals surface area contributed by atoms with Crippen molar-refractivity contribution in [3.63, 3.8) is 0 Å². The third-order valence-electron chi connectivity index (χ3n) is 1.02. The van der Waals surface area contributed by atoms with Gasteiger partial charge in [0.2, 0.25) is 0 Å². The second-order valence-corrected chi connectivity index (χ2v) is 3.03. The first-order valence-electron chi connectivity index (χ1n) is 3.33. The first-order chi connectivity index (χ1) is 6.85. The molecule has 0 N–H and O–H groups in total. The van der Waals surface area contributed by atoms with Crippen LogP contribution in [0.15, 0.2) is 30.4 Å². The van der Waals surface area contributed by atoms with Crippen LogP contribution in [0.4, 0.5) is 0 Å². The van der Waals surface area contributed by atoms with Gasteiger partial charge in [0.25, 0.3) is 0 Å². The molecule has 0 aromatic heterocycles. The van der Waals surface area contributed by atoms with Crippen LogP contribution in [0.5, 0.6) is 0 Å². The van der Waals surface area contributed by atoms with E-state index in [0.29, 0.717) is 0 Å². The minimum absolute atomic E-state index is 0.960. The minimum Gasteiger partial charge on any atom is -0.577 e. The topological polar surface area (TPSA) is 73.5 Å². The van der Waals surface area contributed by atoms with Crippen LogP contribution in [0.1, 0.15) is 6.42 Å². The third kappa shape index (κ3) is 10.7. The van der Waals surface area contributed by atoms with Crippen LogP contribution in [0.25, 0.3) is 5.59 Å².